The van der Waals surface area contributed by atoms with Crippen LogP contribution in [0.5, 0.6) is 0 Å². The number of benzene rings is 2. The molecule has 0 saturated heterocycles. The number of carboxylic acid groups (broad SMARTS) is 1. The van der Waals surface area contributed by atoms with Gasteiger partial charge in [-0.25, -0.2) is 14.3 Å². The number of aromatic nitrogens is 3. The van der Waals surface area contributed by atoms with Gasteiger partial charge in [0.2, 0.25) is 5.91 Å². The lowest BCUT2D eigenvalue weighted by Crippen LogP contribution is -2.41. The highest BCUT2D eigenvalue weighted by molar-refractivity contribution is 6.30. The van der Waals surface area contributed by atoms with E-state index in [0.29, 0.717) is 9.25 Å². The number of hydrogen-bond acceptors (Lipinski definition) is 5. The summed E-state index contributed by atoms with van der Waals surface area (Å²) in [5.74, 6) is -1.47. The van der Waals surface area contributed by atoms with Gasteiger partial charge in [0.25, 0.3) is 0 Å². The maximum Gasteiger partial charge on any atom is 0.416 e. The first-order chi connectivity index (χ1) is 18.6. The van der Waals surface area contributed by atoms with Crippen LogP contribution in [0.3, 0.4) is 0 Å². The predicted molar refractivity (Wildman–Crippen MR) is 127 cm³/mol. The molecule has 3 rings (SSSR count). The van der Waals surface area contributed by atoms with Crippen molar-refractivity contribution in [2.24, 2.45) is 0 Å². The maximum atomic E-state index is 13.5. The molecule has 17 heteroatoms. The van der Waals surface area contributed by atoms with Crippen molar-refractivity contribution >= 4 is 23.6 Å². The zero-order chi connectivity index (χ0) is 29.8. The number of carbonyl (C=O) groups excluding carboxylic acids is 1. The Morgan fingerprint density at radius 3 is 2.23 bits per heavy atom. The van der Waals surface area contributed by atoms with Crippen LogP contribution in [0.2, 0.25) is 5.02 Å². The fraction of sp³-hybridized carbons (Fsp3) is 0.304. The van der Waals surface area contributed by atoms with Crippen molar-refractivity contribution in [2.45, 2.75) is 37.6 Å². The molecule has 2 amide bonds. The highest BCUT2D eigenvalue weighted by Crippen LogP contribution is 2.34. The maximum absolute atomic E-state index is 13.5. The molecule has 2 atom stereocenters. The minimum Gasteiger partial charge on any atom is -0.465 e. The van der Waals surface area contributed by atoms with Crippen LogP contribution >= 0.6 is 11.6 Å². The van der Waals surface area contributed by atoms with E-state index in [0.717, 1.165) is 18.2 Å². The summed E-state index contributed by atoms with van der Waals surface area (Å²) in [6.45, 7) is -2.93. The molecule has 4 N–H and O–H groups in total. The Balaban J connectivity index is 1.96. The molecule has 0 aliphatic heterocycles. The van der Waals surface area contributed by atoms with Gasteiger partial charge in [-0.05, 0) is 35.9 Å². The van der Waals surface area contributed by atoms with Gasteiger partial charge in [0.1, 0.15) is 6.54 Å². The second kappa shape index (κ2) is 12.0. The fourth-order valence-electron chi connectivity index (χ4n) is 3.66. The summed E-state index contributed by atoms with van der Waals surface area (Å²) >= 11 is 5.82. The molecule has 0 fully saturated rings. The second-order valence-corrected chi connectivity index (χ2v) is 8.77. The second-order valence-electron chi connectivity index (χ2n) is 8.33. The number of alkyl halides is 6. The Hall–Kier alpha value is -4.05. The normalized spacial score (nSPS) is 13.5. The molecule has 0 radical (unpaired) electrons. The van der Waals surface area contributed by atoms with Crippen molar-refractivity contribution in [1.29, 1.82) is 0 Å². The third-order valence-electron chi connectivity index (χ3n) is 5.49. The number of nitrogens with zero attached hydrogens (tertiary/aromatic N) is 3. The average molecular weight is 596 g/mol. The smallest absolute Gasteiger partial charge is 0.416 e. The number of aliphatic hydroxyl groups excluding tert-OH is 1. The van der Waals surface area contributed by atoms with Crippen LogP contribution in [-0.2, 0) is 24.1 Å². The van der Waals surface area contributed by atoms with E-state index in [2.05, 4.69) is 10.4 Å². The van der Waals surface area contributed by atoms with Gasteiger partial charge in [0.15, 0.2) is 11.9 Å². The monoisotopic (exact) mass is 595 g/mol. The van der Waals surface area contributed by atoms with E-state index in [-0.39, 0.29) is 16.4 Å². The first-order valence-corrected chi connectivity index (χ1v) is 11.6. The topological polar surface area (TPSA) is 138 Å². The zero-order valence-electron chi connectivity index (χ0n) is 20.0. The summed E-state index contributed by atoms with van der Waals surface area (Å²) in [4.78, 5) is 36.7. The van der Waals surface area contributed by atoms with Gasteiger partial charge >= 0.3 is 24.1 Å². The summed E-state index contributed by atoms with van der Waals surface area (Å²) in [6.07, 6.45) is -14.5. The number of nitrogens with one attached hydrogen (secondary N) is 2. The number of hydrogen-bond donors (Lipinski definition) is 4. The molecule has 1 unspecified atom stereocenters. The minimum absolute atomic E-state index is 0.109. The first-order valence-electron chi connectivity index (χ1n) is 11.2. The Morgan fingerprint density at radius 1 is 1.02 bits per heavy atom. The average Bonchev–Trinajstić information content (AvgIpc) is 3.15. The van der Waals surface area contributed by atoms with Gasteiger partial charge < -0.3 is 20.8 Å². The van der Waals surface area contributed by atoms with Gasteiger partial charge in [0, 0.05) is 17.1 Å². The number of rotatable bonds is 9. The quantitative estimate of drug-likeness (QED) is 0.280. The van der Waals surface area contributed by atoms with E-state index in [1.54, 1.807) is 0 Å². The summed E-state index contributed by atoms with van der Waals surface area (Å²) in [7, 11) is 0. The molecule has 216 valence electrons. The van der Waals surface area contributed by atoms with Crippen molar-refractivity contribution in [2.75, 3.05) is 6.54 Å². The fourth-order valence-corrected chi connectivity index (χ4v) is 3.79. The molecule has 0 aliphatic rings. The molecule has 10 nitrogen and oxygen atoms in total. The van der Waals surface area contributed by atoms with Crippen LogP contribution in [0.25, 0.3) is 11.4 Å². The SMILES string of the molecule is O=C(O)NCC(NC(=O)Cn1nc(-c2ccc(Cl)cc2)n(C[C@H](O)C(F)(F)F)c1=O)c1ccccc1C(F)(F)F. The van der Waals surface area contributed by atoms with Crippen LogP contribution in [0.4, 0.5) is 31.1 Å². The summed E-state index contributed by atoms with van der Waals surface area (Å²) in [5.41, 5.74) is -2.76. The highest BCUT2D eigenvalue weighted by atomic mass is 35.5. The minimum atomic E-state index is -5.09. The molecule has 0 bridgehead atoms. The van der Waals surface area contributed by atoms with Gasteiger partial charge in [-0.15, -0.1) is 5.10 Å². The zero-order valence-corrected chi connectivity index (χ0v) is 20.8. The summed E-state index contributed by atoms with van der Waals surface area (Å²) in [6, 6.07) is 7.89. The Labute approximate surface area is 225 Å². The van der Waals surface area contributed by atoms with E-state index in [9.17, 15) is 45.8 Å². The molecule has 1 aromatic heterocycles. The van der Waals surface area contributed by atoms with Gasteiger partial charge in [0.05, 0.1) is 18.2 Å². The third kappa shape index (κ3) is 7.53. The number of carbonyl (C=O) groups is 2. The molecule has 0 saturated carbocycles. The van der Waals surface area contributed by atoms with Gasteiger partial charge in [-0.3, -0.25) is 9.36 Å². The molecular weight excluding hydrogens is 576 g/mol. The molecule has 3 aromatic rings. The van der Waals surface area contributed by atoms with Crippen LogP contribution in [0.1, 0.15) is 17.2 Å². The summed E-state index contributed by atoms with van der Waals surface area (Å²) < 4.78 is 80.6. The number of halogens is 7. The molecule has 40 heavy (non-hydrogen) atoms. The lowest BCUT2D eigenvalue weighted by molar-refractivity contribution is -0.207. The van der Waals surface area contributed by atoms with Crippen LogP contribution in [0.15, 0.2) is 53.3 Å². The van der Waals surface area contributed by atoms with E-state index in [1.165, 1.54) is 30.3 Å². The molecule has 0 aliphatic carbocycles. The third-order valence-corrected chi connectivity index (χ3v) is 5.74. The van der Waals surface area contributed by atoms with E-state index in [1.807, 2.05) is 5.32 Å². The largest absolute Gasteiger partial charge is 0.465 e. The molecule has 2 aromatic carbocycles. The number of amides is 2. The van der Waals surface area contributed by atoms with Crippen LogP contribution < -0.4 is 16.3 Å². The summed E-state index contributed by atoms with van der Waals surface area (Å²) in [5, 5.41) is 26.7. The highest BCUT2D eigenvalue weighted by Gasteiger charge is 2.39. The Morgan fingerprint density at radius 2 is 1.65 bits per heavy atom. The lowest BCUT2D eigenvalue weighted by atomic mass is 9.99. The molecular formula is C23H20ClF6N5O5. The van der Waals surface area contributed by atoms with Gasteiger partial charge in [-0.2, -0.15) is 26.3 Å². The van der Waals surface area contributed by atoms with Crippen molar-refractivity contribution in [3.63, 3.8) is 0 Å². The molecule has 0 spiro atoms. The van der Waals surface area contributed by atoms with E-state index in [4.69, 9.17) is 16.7 Å². The van der Waals surface area contributed by atoms with Crippen molar-refractivity contribution < 1.29 is 46.1 Å². The van der Waals surface area contributed by atoms with E-state index >= 15 is 0 Å². The first kappa shape index (κ1) is 30.5. The van der Waals surface area contributed by atoms with Crippen LogP contribution in [0, 0.1) is 0 Å². The lowest BCUT2D eigenvalue weighted by Gasteiger charge is -2.22. The van der Waals surface area contributed by atoms with Crippen molar-refractivity contribution in [3.8, 4) is 11.4 Å². The predicted octanol–water partition coefficient (Wildman–Crippen LogP) is 3.43. The van der Waals surface area contributed by atoms with Crippen LogP contribution in [-0.4, -0.2) is 55.4 Å². The standard InChI is InChI=1S/C23H20ClF6N5O5/c24-13-7-5-12(6-8-13)19-33-35(21(40)34(19)10-17(36)23(28,29)30)11-18(37)32-16(9-31-20(38)39)14-3-1-2-4-15(14)22(25,26)27/h1-8,16-17,31,36H,9-11H2,(H,32,37)(H,38,39)/t16?,17-/m0/s1. The number of aliphatic hydroxyl groups is 1. The Bertz CT molecular complexity index is 1420. The Kier molecular flexibility index (Phi) is 9.14. The van der Waals surface area contributed by atoms with Crippen molar-refractivity contribution in [1.82, 2.24) is 25.0 Å². The van der Waals surface area contributed by atoms with Crippen molar-refractivity contribution in [3.05, 3.63) is 75.2 Å². The van der Waals surface area contributed by atoms with E-state index < -0.39 is 72.9 Å². The van der Waals surface area contributed by atoms with Gasteiger partial charge in [-0.1, -0.05) is 29.8 Å². The molecule has 1 heterocycles.